The monoisotopic (exact) mass is 347 g/mol. The molecule has 1 aliphatic rings. The molecule has 0 spiro atoms. The van der Waals surface area contributed by atoms with Crippen LogP contribution in [0.4, 0.5) is 5.82 Å². The van der Waals surface area contributed by atoms with Crippen LogP contribution in [0.1, 0.15) is 47.5 Å². The molecule has 6 nitrogen and oxygen atoms in total. The first-order valence-corrected chi connectivity index (χ1v) is 8.80. The zero-order valence-electron chi connectivity index (χ0n) is 15.0. The van der Waals surface area contributed by atoms with Crippen LogP contribution < -0.4 is 4.90 Å². The molecule has 3 heterocycles. The summed E-state index contributed by atoms with van der Waals surface area (Å²) in [6.45, 7) is 5.23. The lowest BCUT2D eigenvalue weighted by molar-refractivity contribution is 0.101. The quantitative estimate of drug-likeness (QED) is 0.679. The van der Waals surface area contributed by atoms with E-state index in [0.717, 1.165) is 30.4 Å². The largest absolute Gasteiger partial charge is 0.347 e. The van der Waals surface area contributed by atoms with E-state index in [4.69, 9.17) is 0 Å². The fraction of sp³-hybridized carbons (Fsp3) is 0.300. The minimum absolute atomic E-state index is 0.0290. The van der Waals surface area contributed by atoms with Crippen LogP contribution in [0.15, 0.2) is 48.7 Å². The van der Waals surface area contributed by atoms with Gasteiger partial charge in [-0.1, -0.05) is 30.3 Å². The fourth-order valence-corrected chi connectivity index (χ4v) is 3.47. The number of carbonyl (C=O) groups is 1. The van der Waals surface area contributed by atoms with Gasteiger partial charge in [-0.15, -0.1) is 10.2 Å². The van der Waals surface area contributed by atoms with Crippen molar-refractivity contribution < 1.29 is 4.79 Å². The Bertz CT molecular complexity index is 917. The van der Waals surface area contributed by atoms with Crippen LogP contribution in [0.2, 0.25) is 0 Å². The Morgan fingerprint density at radius 3 is 2.65 bits per heavy atom. The van der Waals surface area contributed by atoms with Gasteiger partial charge < -0.3 is 9.47 Å². The second kappa shape index (κ2) is 6.71. The highest BCUT2D eigenvalue weighted by Crippen LogP contribution is 2.26. The molecule has 1 aliphatic heterocycles. The van der Waals surface area contributed by atoms with E-state index in [0.29, 0.717) is 12.1 Å². The Labute approximate surface area is 152 Å². The molecular weight excluding hydrogens is 326 g/mol. The molecule has 0 saturated carbocycles. The van der Waals surface area contributed by atoms with Crippen molar-refractivity contribution in [3.8, 4) is 0 Å². The van der Waals surface area contributed by atoms with Gasteiger partial charge >= 0.3 is 0 Å². The maximum Gasteiger partial charge on any atom is 0.161 e. The number of hydrogen-bond donors (Lipinski definition) is 0. The van der Waals surface area contributed by atoms with Gasteiger partial charge in [0.1, 0.15) is 11.6 Å². The van der Waals surface area contributed by atoms with Crippen molar-refractivity contribution in [1.82, 2.24) is 19.7 Å². The van der Waals surface area contributed by atoms with E-state index in [1.54, 1.807) is 13.1 Å². The lowest BCUT2D eigenvalue weighted by atomic mass is 10.1. The molecule has 0 amide bonds. The van der Waals surface area contributed by atoms with E-state index in [9.17, 15) is 4.79 Å². The van der Waals surface area contributed by atoms with Gasteiger partial charge in [-0.25, -0.2) is 4.98 Å². The van der Waals surface area contributed by atoms with E-state index >= 15 is 0 Å². The molecule has 6 heteroatoms. The number of aromatic nitrogens is 4. The summed E-state index contributed by atoms with van der Waals surface area (Å²) in [6, 6.07) is 14.3. The predicted molar refractivity (Wildman–Crippen MR) is 99.3 cm³/mol. The van der Waals surface area contributed by atoms with Gasteiger partial charge in [0.25, 0.3) is 0 Å². The summed E-state index contributed by atoms with van der Waals surface area (Å²) in [5.74, 6) is 2.84. The summed E-state index contributed by atoms with van der Waals surface area (Å²) >= 11 is 0. The molecule has 0 bridgehead atoms. The van der Waals surface area contributed by atoms with Crippen LogP contribution in [0, 0.1) is 0 Å². The highest BCUT2D eigenvalue weighted by molar-refractivity contribution is 5.93. The second-order valence-corrected chi connectivity index (χ2v) is 6.76. The number of carbonyl (C=O) groups excluding carboxylic acids is 1. The number of pyridine rings is 1. The molecular formula is C20H21N5O. The second-order valence-electron chi connectivity index (χ2n) is 6.76. The van der Waals surface area contributed by atoms with Gasteiger partial charge in [0.2, 0.25) is 0 Å². The first-order valence-electron chi connectivity index (χ1n) is 8.80. The normalized spacial score (nSPS) is 16.4. The number of benzene rings is 1. The minimum atomic E-state index is 0.0290. The van der Waals surface area contributed by atoms with Crippen molar-refractivity contribution in [1.29, 1.82) is 0 Å². The highest BCUT2D eigenvalue weighted by atomic mass is 16.1. The van der Waals surface area contributed by atoms with Crippen molar-refractivity contribution in [2.24, 2.45) is 0 Å². The topological polar surface area (TPSA) is 63.9 Å². The van der Waals surface area contributed by atoms with E-state index < -0.39 is 0 Å². The van der Waals surface area contributed by atoms with Gasteiger partial charge in [0.05, 0.1) is 12.6 Å². The molecule has 0 saturated heterocycles. The summed E-state index contributed by atoms with van der Waals surface area (Å²) < 4.78 is 2.24. The molecule has 0 unspecified atom stereocenters. The summed E-state index contributed by atoms with van der Waals surface area (Å²) in [6.07, 6.45) is 2.42. The number of nitrogens with zero attached hydrogens (tertiary/aromatic N) is 5. The van der Waals surface area contributed by atoms with Gasteiger partial charge in [-0.05, 0) is 31.5 Å². The average Bonchev–Trinajstić information content (AvgIpc) is 3.06. The molecule has 1 aromatic carbocycles. The zero-order chi connectivity index (χ0) is 18.1. The van der Waals surface area contributed by atoms with Crippen molar-refractivity contribution >= 4 is 11.6 Å². The van der Waals surface area contributed by atoms with Crippen LogP contribution in [0.25, 0.3) is 0 Å². The first-order chi connectivity index (χ1) is 12.6. The Balaban J connectivity index is 1.57. The zero-order valence-corrected chi connectivity index (χ0v) is 15.0. The molecule has 3 aromatic rings. The molecule has 4 rings (SSSR count). The maximum absolute atomic E-state index is 11.4. The Hall–Kier alpha value is -3.02. The lowest BCUT2D eigenvalue weighted by Gasteiger charge is -2.33. The Morgan fingerprint density at radius 2 is 1.96 bits per heavy atom. The number of ketones is 1. The standard InChI is InChI=1S/C20H21N5O/c1-14-12-24(18-9-8-17(11-21-18)15(2)26)13-20-23-22-19(25(14)20)10-16-6-4-3-5-7-16/h3-9,11,14H,10,12-13H2,1-2H3/t14-/m0/s1. The number of hydrogen-bond acceptors (Lipinski definition) is 5. The molecule has 0 N–H and O–H groups in total. The van der Waals surface area contributed by atoms with Gasteiger partial charge in [0, 0.05) is 24.7 Å². The number of rotatable bonds is 4. The third-order valence-corrected chi connectivity index (χ3v) is 4.78. The highest BCUT2D eigenvalue weighted by Gasteiger charge is 2.27. The van der Waals surface area contributed by atoms with Crippen molar-refractivity contribution in [3.05, 3.63) is 71.4 Å². The summed E-state index contributed by atoms with van der Waals surface area (Å²) in [7, 11) is 0. The molecule has 2 aromatic heterocycles. The van der Waals surface area contributed by atoms with Crippen LogP contribution in [0.3, 0.4) is 0 Å². The molecule has 0 fully saturated rings. The van der Waals surface area contributed by atoms with E-state index in [-0.39, 0.29) is 11.8 Å². The maximum atomic E-state index is 11.4. The van der Waals surface area contributed by atoms with Gasteiger partial charge in [-0.2, -0.15) is 0 Å². The molecule has 1 atom stereocenters. The lowest BCUT2D eigenvalue weighted by Crippen LogP contribution is -2.37. The summed E-state index contributed by atoms with van der Waals surface area (Å²) in [5, 5.41) is 8.84. The number of Topliss-reactive ketones (excluding diaryl/α,β-unsaturated/α-hetero) is 1. The molecule has 0 aliphatic carbocycles. The van der Waals surface area contributed by atoms with E-state index in [1.807, 2.05) is 30.3 Å². The van der Waals surface area contributed by atoms with Gasteiger partial charge in [0.15, 0.2) is 11.6 Å². The van der Waals surface area contributed by atoms with Crippen LogP contribution >= 0.6 is 0 Å². The van der Waals surface area contributed by atoms with E-state index in [1.165, 1.54) is 5.56 Å². The van der Waals surface area contributed by atoms with Crippen LogP contribution in [-0.4, -0.2) is 32.1 Å². The Morgan fingerprint density at radius 1 is 1.15 bits per heavy atom. The number of fused-ring (bicyclic) bond motifs is 1. The molecule has 0 radical (unpaired) electrons. The predicted octanol–water partition coefficient (Wildman–Crippen LogP) is 3.05. The third-order valence-electron chi connectivity index (χ3n) is 4.78. The van der Waals surface area contributed by atoms with Crippen molar-refractivity contribution in [2.45, 2.75) is 32.9 Å². The molecule has 26 heavy (non-hydrogen) atoms. The van der Waals surface area contributed by atoms with Crippen LogP contribution in [0.5, 0.6) is 0 Å². The van der Waals surface area contributed by atoms with E-state index in [2.05, 4.69) is 43.7 Å². The summed E-state index contributed by atoms with van der Waals surface area (Å²) in [5.41, 5.74) is 1.87. The van der Waals surface area contributed by atoms with Crippen molar-refractivity contribution in [2.75, 3.05) is 11.4 Å². The van der Waals surface area contributed by atoms with Crippen molar-refractivity contribution in [3.63, 3.8) is 0 Å². The third kappa shape index (κ3) is 3.10. The Kier molecular flexibility index (Phi) is 4.24. The van der Waals surface area contributed by atoms with Gasteiger partial charge in [-0.3, -0.25) is 4.79 Å². The minimum Gasteiger partial charge on any atom is -0.347 e. The first kappa shape index (κ1) is 16.4. The smallest absolute Gasteiger partial charge is 0.161 e. The SMILES string of the molecule is CC(=O)c1ccc(N2Cc3nnc(Cc4ccccc4)n3[C@@H](C)C2)nc1. The van der Waals surface area contributed by atoms with Crippen LogP contribution in [-0.2, 0) is 13.0 Å². The number of anilines is 1. The average molecular weight is 347 g/mol. The fourth-order valence-electron chi connectivity index (χ4n) is 3.47. The summed E-state index contributed by atoms with van der Waals surface area (Å²) in [4.78, 5) is 18.1. The molecule has 132 valence electrons.